The van der Waals surface area contributed by atoms with Crippen LogP contribution in [0.2, 0.25) is 0 Å². The molecule has 2 aromatic carbocycles. The van der Waals surface area contributed by atoms with Gasteiger partial charge in [-0.1, -0.05) is 0 Å². The van der Waals surface area contributed by atoms with Gasteiger partial charge in [0.05, 0.1) is 7.11 Å². The predicted molar refractivity (Wildman–Crippen MR) is 82.8 cm³/mol. The van der Waals surface area contributed by atoms with Crippen LogP contribution in [0, 0.1) is 0 Å². The molecule has 24 heavy (non-hydrogen) atoms. The highest BCUT2D eigenvalue weighted by atomic mass is 16.5. The van der Waals surface area contributed by atoms with E-state index in [1.807, 2.05) is 0 Å². The number of aromatic hydroxyl groups is 5. The molecule has 0 aliphatic carbocycles. The lowest BCUT2D eigenvalue weighted by Gasteiger charge is -2.10. The van der Waals surface area contributed by atoms with Gasteiger partial charge in [0.1, 0.15) is 11.1 Å². The van der Waals surface area contributed by atoms with Crippen LogP contribution >= 0.6 is 0 Å². The highest BCUT2D eigenvalue weighted by Crippen LogP contribution is 2.49. The number of benzene rings is 2. The van der Waals surface area contributed by atoms with Gasteiger partial charge in [-0.25, -0.2) is 0 Å². The molecule has 124 valence electrons. The molecule has 0 spiro atoms. The summed E-state index contributed by atoms with van der Waals surface area (Å²) in [6.45, 7) is 0. The summed E-state index contributed by atoms with van der Waals surface area (Å²) in [5.41, 5.74) is -1.36. The Kier molecular flexibility index (Phi) is 3.37. The summed E-state index contributed by atoms with van der Waals surface area (Å²) >= 11 is 0. The van der Waals surface area contributed by atoms with Gasteiger partial charge < -0.3 is 34.7 Å². The maximum atomic E-state index is 12.3. The van der Waals surface area contributed by atoms with Gasteiger partial charge in [0.15, 0.2) is 17.1 Å². The molecular formula is C16H12O8. The van der Waals surface area contributed by atoms with Crippen molar-refractivity contribution in [3.05, 3.63) is 34.5 Å². The van der Waals surface area contributed by atoms with E-state index in [9.17, 15) is 30.3 Å². The van der Waals surface area contributed by atoms with Crippen LogP contribution in [0.15, 0.2) is 33.5 Å². The first-order valence-electron chi connectivity index (χ1n) is 6.66. The molecule has 0 bridgehead atoms. The molecule has 0 unspecified atom stereocenters. The molecule has 5 N–H and O–H groups in total. The number of phenols is 4. The van der Waals surface area contributed by atoms with Crippen LogP contribution in [0.4, 0.5) is 0 Å². The quantitative estimate of drug-likeness (QED) is 0.354. The molecule has 8 nitrogen and oxygen atoms in total. The van der Waals surface area contributed by atoms with Crippen LogP contribution in [-0.2, 0) is 0 Å². The fourth-order valence-corrected chi connectivity index (χ4v) is 2.30. The first kappa shape index (κ1) is 15.3. The standard InChI is InChI=1S/C16H12O8/c1-23-7-4-2-6(3-5-7)15-13(21)10(18)8-9(17)11(19)12(20)14(22)16(8)24-15/h2-5,17,19-22H,1H3. The first-order chi connectivity index (χ1) is 11.4. The van der Waals surface area contributed by atoms with Gasteiger partial charge >= 0.3 is 0 Å². The Morgan fingerprint density at radius 3 is 2.00 bits per heavy atom. The molecule has 0 amide bonds. The number of rotatable bonds is 2. The van der Waals surface area contributed by atoms with Crippen molar-refractivity contribution in [3.8, 4) is 45.8 Å². The second kappa shape index (κ2) is 5.27. The number of hydrogen-bond acceptors (Lipinski definition) is 8. The van der Waals surface area contributed by atoms with Gasteiger partial charge in [0.2, 0.25) is 28.4 Å². The van der Waals surface area contributed by atoms with Crippen LogP contribution < -0.4 is 10.2 Å². The van der Waals surface area contributed by atoms with Crippen molar-refractivity contribution in [1.29, 1.82) is 0 Å². The Balaban J connectivity index is 2.39. The van der Waals surface area contributed by atoms with Crippen molar-refractivity contribution in [3.63, 3.8) is 0 Å². The van der Waals surface area contributed by atoms with Crippen LogP contribution in [0.25, 0.3) is 22.3 Å². The fraction of sp³-hybridized carbons (Fsp3) is 0.0625. The molecule has 0 radical (unpaired) electrons. The van der Waals surface area contributed by atoms with Gasteiger partial charge in [-0.2, -0.15) is 0 Å². The lowest BCUT2D eigenvalue weighted by atomic mass is 10.1. The van der Waals surface area contributed by atoms with Crippen molar-refractivity contribution in [2.75, 3.05) is 7.11 Å². The number of methoxy groups -OCH3 is 1. The van der Waals surface area contributed by atoms with E-state index >= 15 is 0 Å². The van der Waals surface area contributed by atoms with Crippen molar-refractivity contribution in [2.24, 2.45) is 0 Å². The normalized spacial score (nSPS) is 10.9. The first-order valence-corrected chi connectivity index (χ1v) is 6.66. The smallest absolute Gasteiger partial charge is 0.239 e. The molecule has 0 saturated carbocycles. The minimum absolute atomic E-state index is 0.282. The van der Waals surface area contributed by atoms with E-state index in [0.29, 0.717) is 11.3 Å². The number of fused-ring (bicyclic) bond motifs is 1. The summed E-state index contributed by atoms with van der Waals surface area (Å²) in [6, 6.07) is 6.12. The Morgan fingerprint density at radius 2 is 1.42 bits per heavy atom. The SMILES string of the molecule is COc1ccc(-c2oc3c(O)c(O)c(O)c(O)c3c(=O)c2O)cc1. The lowest BCUT2D eigenvalue weighted by molar-refractivity contribution is 0.345. The summed E-state index contributed by atoms with van der Waals surface area (Å²) in [5.74, 6) is -4.66. The van der Waals surface area contributed by atoms with Crippen molar-refractivity contribution < 1.29 is 34.7 Å². The molecule has 0 aliphatic heterocycles. The largest absolute Gasteiger partial charge is 0.504 e. The van der Waals surface area contributed by atoms with Gasteiger partial charge in [0.25, 0.3) is 0 Å². The third-order valence-electron chi connectivity index (χ3n) is 3.57. The molecule has 3 rings (SSSR count). The van der Waals surface area contributed by atoms with Gasteiger partial charge in [-0.05, 0) is 24.3 Å². The van der Waals surface area contributed by atoms with Crippen molar-refractivity contribution in [1.82, 2.24) is 0 Å². The lowest BCUT2D eigenvalue weighted by Crippen LogP contribution is -2.03. The van der Waals surface area contributed by atoms with Crippen LogP contribution in [0.1, 0.15) is 0 Å². The van der Waals surface area contributed by atoms with Crippen molar-refractivity contribution in [2.45, 2.75) is 0 Å². The number of hydrogen-bond donors (Lipinski definition) is 5. The Hall–Kier alpha value is -3.55. The third kappa shape index (κ3) is 2.04. The average Bonchev–Trinajstić information content (AvgIpc) is 2.60. The van der Waals surface area contributed by atoms with E-state index in [1.54, 1.807) is 12.1 Å². The monoisotopic (exact) mass is 332 g/mol. The maximum absolute atomic E-state index is 12.3. The summed E-state index contributed by atoms with van der Waals surface area (Å²) in [7, 11) is 1.47. The molecular weight excluding hydrogens is 320 g/mol. The van der Waals surface area contributed by atoms with Crippen LogP contribution in [-0.4, -0.2) is 32.6 Å². The summed E-state index contributed by atoms with van der Waals surface area (Å²) < 4.78 is 10.3. The minimum Gasteiger partial charge on any atom is -0.504 e. The van der Waals surface area contributed by atoms with E-state index in [4.69, 9.17) is 9.15 Å². The predicted octanol–water partition coefficient (Wildman–Crippen LogP) is 2.00. The molecule has 0 atom stereocenters. The average molecular weight is 332 g/mol. The molecule has 0 fully saturated rings. The third-order valence-corrected chi connectivity index (χ3v) is 3.57. The minimum atomic E-state index is -1.09. The highest BCUT2D eigenvalue weighted by Gasteiger charge is 2.26. The van der Waals surface area contributed by atoms with E-state index in [2.05, 4.69) is 0 Å². The van der Waals surface area contributed by atoms with Gasteiger partial charge in [0, 0.05) is 5.56 Å². The Bertz CT molecular complexity index is 1000. The molecule has 1 aromatic heterocycles. The summed E-state index contributed by atoms with van der Waals surface area (Å²) in [6.07, 6.45) is 0. The molecule has 0 saturated heterocycles. The molecule has 0 aliphatic rings. The van der Waals surface area contributed by atoms with Crippen molar-refractivity contribution >= 4 is 11.0 Å². The van der Waals surface area contributed by atoms with Gasteiger partial charge in [-0.3, -0.25) is 4.79 Å². The highest BCUT2D eigenvalue weighted by molar-refractivity contribution is 5.95. The van der Waals surface area contributed by atoms with Crippen LogP contribution in [0.5, 0.6) is 34.5 Å². The van der Waals surface area contributed by atoms with E-state index in [0.717, 1.165) is 0 Å². The van der Waals surface area contributed by atoms with Crippen LogP contribution in [0.3, 0.4) is 0 Å². The fourth-order valence-electron chi connectivity index (χ4n) is 2.30. The van der Waals surface area contributed by atoms with E-state index < -0.39 is 45.1 Å². The maximum Gasteiger partial charge on any atom is 0.239 e. The summed E-state index contributed by atoms with van der Waals surface area (Å²) in [4.78, 5) is 12.3. The molecule has 8 heteroatoms. The van der Waals surface area contributed by atoms with E-state index in [1.165, 1.54) is 19.2 Å². The van der Waals surface area contributed by atoms with E-state index in [-0.39, 0.29) is 5.76 Å². The Labute approximate surface area is 134 Å². The second-order valence-corrected chi connectivity index (χ2v) is 4.94. The second-order valence-electron chi connectivity index (χ2n) is 4.94. The molecule has 3 aromatic rings. The zero-order valence-corrected chi connectivity index (χ0v) is 12.3. The van der Waals surface area contributed by atoms with Gasteiger partial charge in [-0.15, -0.1) is 0 Å². The summed E-state index contributed by atoms with van der Waals surface area (Å²) in [5, 5.41) is 48.2. The zero-order chi connectivity index (χ0) is 17.6. The number of phenolic OH excluding ortho intramolecular Hbond substituents is 4. The molecule has 1 heterocycles. The Morgan fingerprint density at radius 1 is 0.833 bits per heavy atom. The topological polar surface area (TPSA) is 141 Å². The number of ether oxygens (including phenoxy) is 1. The zero-order valence-electron chi connectivity index (χ0n) is 12.3.